The number of hydrogen-bond acceptors (Lipinski definition) is 8. The minimum atomic E-state index is -0.600. The molecule has 1 aromatic heterocycles. The second-order valence-corrected chi connectivity index (χ2v) is 8.29. The number of non-ortho nitro benzene ring substituents is 1. The van der Waals surface area contributed by atoms with Gasteiger partial charge in [0.1, 0.15) is 11.3 Å². The average molecular weight is 649 g/mol. The van der Waals surface area contributed by atoms with Crippen LogP contribution in [0.1, 0.15) is 16.1 Å². The smallest absolute Gasteiger partial charge is 0.343 e. The van der Waals surface area contributed by atoms with Crippen molar-refractivity contribution < 1.29 is 28.4 Å². The summed E-state index contributed by atoms with van der Waals surface area (Å²) in [6, 6.07) is 9.00. The van der Waals surface area contributed by atoms with Gasteiger partial charge in [0.15, 0.2) is 12.4 Å². The molecular formula is C19H13I2N3O7. The van der Waals surface area contributed by atoms with Gasteiger partial charge in [0, 0.05) is 17.5 Å². The fourth-order valence-corrected chi connectivity index (χ4v) is 4.59. The van der Waals surface area contributed by atoms with Crippen LogP contribution in [0, 0.1) is 17.3 Å². The number of halogens is 2. The van der Waals surface area contributed by atoms with Gasteiger partial charge in [-0.25, -0.2) is 10.2 Å². The van der Waals surface area contributed by atoms with Gasteiger partial charge in [-0.2, -0.15) is 5.10 Å². The highest BCUT2D eigenvalue weighted by atomic mass is 127. The Morgan fingerprint density at radius 1 is 1.23 bits per heavy atom. The van der Waals surface area contributed by atoms with Crippen LogP contribution in [0.25, 0.3) is 11.0 Å². The Labute approximate surface area is 202 Å². The highest BCUT2D eigenvalue weighted by Gasteiger charge is 2.15. The largest absolute Gasteiger partial charge is 0.480 e. The molecule has 0 aliphatic carbocycles. The number of ether oxygens (including phenoxy) is 2. The first kappa shape index (κ1) is 22.9. The van der Waals surface area contributed by atoms with E-state index >= 15 is 0 Å². The van der Waals surface area contributed by atoms with Crippen molar-refractivity contribution in [1.82, 2.24) is 5.43 Å². The highest BCUT2D eigenvalue weighted by Crippen LogP contribution is 2.28. The number of hydrogen-bond donors (Lipinski definition) is 1. The van der Waals surface area contributed by atoms with Gasteiger partial charge in [0.05, 0.1) is 25.4 Å². The zero-order valence-corrected chi connectivity index (χ0v) is 20.1. The van der Waals surface area contributed by atoms with Gasteiger partial charge < -0.3 is 13.9 Å². The van der Waals surface area contributed by atoms with Gasteiger partial charge in [0.25, 0.3) is 5.69 Å². The number of nitro groups is 1. The molecule has 3 aromatic rings. The summed E-state index contributed by atoms with van der Waals surface area (Å²) in [5, 5.41) is 15.2. The molecule has 2 aromatic carbocycles. The minimum absolute atomic E-state index is 0.0247. The number of fused-ring (bicyclic) bond motifs is 1. The van der Waals surface area contributed by atoms with Crippen LogP contribution in [-0.4, -0.2) is 36.7 Å². The molecule has 0 aliphatic rings. The molecule has 0 atom stereocenters. The van der Waals surface area contributed by atoms with Gasteiger partial charge in [-0.3, -0.25) is 14.9 Å². The van der Waals surface area contributed by atoms with Crippen molar-refractivity contribution >= 4 is 79.9 Å². The monoisotopic (exact) mass is 649 g/mol. The van der Waals surface area contributed by atoms with Crippen LogP contribution < -0.4 is 10.2 Å². The molecular weight excluding hydrogens is 636 g/mol. The molecule has 0 aliphatic heterocycles. The molecule has 0 saturated carbocycles. The van der Waals surface area contributed by atoms with Crippen molar-refractivity contribution in [3.8, 4) is 5.75 Å². The number of nitrogens with zero attached hydrogens (tertiary/aromatic N) is 2. The maximum absolute atomic E-state index is 12.3. The molecule has 31 heavy (non-hydrogen) atoms. The third-order valence-corrected chi connectivity index (χ3v) is 5.50. The maximum atomic E-state index is 12.3. The lowest BCUT2D eigenvalue weighted by Crippen LogP contribution is -2.16. The number of carbonyl (C=O) groups excluding carboxylic acids is 2. The third-order valence-electron chi connectivity index (χ3n) is 3.90. The molecule has 1 heterocycles. The zero-order chi connectivity index (χ0) is 22.5. The number of benzene rings is 2. The van der Waals surface area contributed by atoms with Crippen molar-refractivity contribution in [2.45, 2.75) is 0 Å². The summed E-state index contributed by atoms with van der Waals surface area (Å²) in [7, 11) is 1.28. The van der Waals surface area contributed by atoms with Crippen molar-refractivity contribution in [2.75, 3.05) is 13.7 Å². The predicted molar refractivity (Wildman–Crippen MR) is 127 cm³/mol. The average Bonchev–Trinajstić information content (AvgIpc) is 3.16. The number of rotatable bonds is 7. The number of methoxy groups -OCH3 is 1. The van der Waals surface area contributed by atoms with E-state index in [1.807, 2.05) is 0 Å². The molecule has 1 amide bonds. The molecule has 0 saturated heterocycles. The molecule has 3 rings (SSSR count). The number of carbonyl (C=O) groups is 2. The van der Waals surface area contributed by atoms with Gasteiger partial charge in [-0.15, -0.1) is 0 Å². The first-order valence-corrected chi connectivity index (χ1v) is 10.6. The Morgan fingerprint density at radius 3 is 2.58 bits per heavy atom. The van der Waals surface area contributed by atoms with Crippen LogP contribution >= 0.6 is 45.2 Å². The van der Waals surface area contributed by atoms with Gasteiger partial charge in [-0.1, -0.05) is 0 Å². The van der Waals surface area contributed by atoms with Gasteiger partial charge in [-0.05, 0) is 75.0 Å². The zero-order valence-electron chi connectivity index (χ0n) is 15.8. The Hall–Kier alpha value is -2.75. The quantitative estimate of drug-likeness (QED) is 0.135. The fourth-order valence-electron chi connectivity index (χ4n) is 2.46. The summed E-state index contributed by atoms with van der Waals surface area (Å²) < 4.78 is 16.9. The molecule has 12 heteroatoms. The number of furan rings is 1. The Morgan fingerprint density at radius 2 is 1.94 bits per heavy atom. The van der Waals surface area contributed by atoms with Crippen LogP contribution in [-0.2, 0) is 9.53 Å². The topological polar surface area (TPSA) is 133 Å². The summed E-state index contributed by atoms with van der Waals surface area (Å²) in [5.41, 5.74) is 3.30. The van der Waals surface area contributed by atoms with Crippen LogP contribution in [0.15, 0.2) is 45.9 Å². The standard InChI is InChI=1S/C19H13I2N3O7/c1-29-17(25)9-30-18-13(20)4-10(5-14(18)21)8-22-23-19(26)16-7-11-6-12(24(27)28)2-3-15(11)31-16/h2-8H,9H2,1H3,(H,23,26)/b22-8-. The van der Waals surface area contributed by atoms with Crippen molar-refractivity contribution in [3.05, 3.63) is 65.0 Å². The van der Waals surface area contributed by atoms with Crippen LogP contribution in [0.5, 0.6) is 5.75 Å². The first-order valence-electron chi connectivity index (χ1n) is 8.48. The minimum Gasteiger partial charge on any atom is -0.480 e. The highest BCUT2D eigenvalue weighted by molar-refractivity contribution is 14.1. The molecule has 0 fully saturated rings. The number of hydrazone groups is 1. The predicted octanol–water partition coefficient (Wildman–Crippen LogP) is 3.87. The summed E-state index contributed by atoms with van der Waals surface area (Å²) in [6.07, 6.45) is 1.44. The van der Waals surface area contributed by atoms with E-state index in [-0.39, 0.29) is 18.1 Å². The lowest BCUT2D eigenvalue weighted by molar-refractivity contribution is -0.384. The van der Waals surface area contributed by atoms with Crippen molar-refractivity contribution in [1.29, 1.82) is 0 Å². The fraction of sp³-hybridized carbons (Fsp3) is 0.105. The molecule has 0 spiro atoms. The molecule has 0 radical (unpaired) electrons. The summed E-state index contributed by atoms with van der Waals surface area (Å²) in [4.78, 5) is 33.9. The van der Waals surface area contributed by atoms with Crippen LogP contribution in [0.3, 0.4) is 0 Å². The molecule has 10 nitrogen and oxygen atoms in total. The van der Waals surface area contributed by atoms with Crippen LogP contribution in [0.2, 0.25) is 0 Å². The van der Waals surface area contributed by atoms with Gasteiger partial charge in [0.2, 0.25) is 0 Å². The van der Waals surface area contributed by atoms with E-state index < -0.39 is 16.8 Å². The summed E-state index contributed by atoms with van der Waals surface area (Å²) >= 11 is 4.13. The maximum Gasteiger partial charge on any atom is 0.343 e. The summed E-state index contributed by atoms with van der Waals surface area (Å²) in [5.74, 6) is -0.565. The molecule has 0 bridgehead atoms. The van der Waals surface area contributed by atoms with E-state index in [0.717, 1.165) is 7.14 Å². The van der Waals surface area contributed by atoms with E-state index in [1.54, 1.807) is 12.1 Å². The Balaban J connectivity index is 1.68. The second kappa shape index (κ2) is 10.0. The number of nitrogens with one attached hydrogen (secondary N) is 1. The van der Waals surface area contributed by atoms with Gasteiger partial charge >= 0.3 is 11.9 Å². The molecule has 0 unspecified atom stereocenters. The second-order valence-electron chi connectivity index (χ2n) is 5.97. The lowest BCUT2D eigenvalue weighted by Gasteiger charge is -2.10. The number of amides is 1. The van der Waals surface area contributed by atoms with E-state index in [1.165, 1.54) is 37.6 Å². The summed E-state index contributed by atoms with van der Waals surface area (Å²) in [6.45, 7) is -0.202. The SMILES string of the molecule is COC(=O)COc1c(I)cc(/C=N\NC(=O)c2cc3cc([N+](=O)[O-])ccc3o2)cc1I. The molecule has 160 valence electrons. The molecule has 1 N–H and O–H groups in total. The Kier molecular flexibility index (Phi) is 7.42. The van der Waals surface area contributed by atoms with E-state index in [9.17, 15) is 19.7 Å². The van der Waals surface area contributed by atoms with Crippen molar-refractivity contribution in [2.24, 2.45) is 5.10 Å². The van der Waals surface area contributed by atoms with E-state index in [0.29, 0.717) is 22.3 Å². The van der Waals surface area contributed by atoms with Crippen LogP contribution in [0.4, 0.5) is 5.69 Å². The normalized spacial score (nSPS) is 10.9. The number of esters is 1. The number of nitro benzene ring substituents is 1. The van der Waals surface area contributed by atoms with E-state index in [4.69, 9.17) is 9.15 Å². The van der Waals surface area contributed by atoms with Crippen molar-refractivity contribution in [3.63, 3.8) is 0 Å². The first-order chi connectivity index (χ1) is 14.8. The third kappa shape index (κ3) is 5.69. The Bertz CT molecular complexity index is 1180. The lowest BCUT2D eigenvalue weighted by atomic mass is 10.2. The van der Waals surface area contributed by atoms with E-state index in [2.05, 4.69) is 60.4 Å².